The molecule has 0 saturated heterocycles. The lowest BCUT2D eigenvalue weighted by atomic mass is 9.93. The summed E-state index contributed by atoms with van der Waals surface area (Å²) in [5.74, 6) is -6.79. The number of hydrogen-bond acceptors (Lipinski definition) is 11. The number of esters is 4. The normalized spacial score (nSPS) is 12.6. The molecule has 2 rings (SSSR count). The van der Waals surface area contributed by atoms with Crippen molar-refractivity contribution >= 4 is 35.8 Å². The summed E-state index contributed by atoms with van der Waals surface area (Å²) in [4.78, 5) is 72.2. The molecule has 3 atom stereocenters. The first-order valence-electron chi connectivity index (χ1n) is 17.9. The molecular formula is C39H52O13. The van der Waals surface area contributed by atoms with Crippen molar-refractivity contribution in [2.75, 3.05) is 13.2 Å². The number of aliphatic carboxylic acids is 2. The minimum Gasteiger partial charge on any atom is -0.494 e. The summed E-state index contributed by atoms with van der Waals surface area (Å²) in [6.45, 7) is 3.82. The largest absolute Gasteiger partial charge is 0.494 e. The van der Waals surface area contributed by atoms with Gasteiger partial charge in [-0.15, -0.1) is 0 Å². The molecule has 2 aromatic carbocycles. The summed E-state index contributed by atoms with van der Waals surface area (Å²) in [6, 6.07) is 19.3. The molecule has 2 aromatic rings. The maximum absolute atomic E-state index is 12.7. The van der Waals surface area contributed by atoms with Gasteiger partial charge in [-0.3, -0.25) is 14.4 Å². The summed E-state index contributed by atoms with van der Waals surface area (Å²) < 4.78 is 26.1. The highest BCUT2D eigenvalue weighted by atomic mass is 16.6. The lowest BCUT2D eigenvalue weighted by Gasteiger charge is -2.24. The zero-order chi connectivity index (χ0) is 38.1. The van der Waals surface area contributed by atoms with Crippen molar-refractivity contribution in [1.29, 1.82) is 0 Å². The fourth-order valence-corrected chi connectivity index (χ4v) is 5.40. The van der Waals surface area contributed by atoms with Gasteiger partial charge in [-0.2, -0.15) is 0 Å². The standard InChI is InChI=1S/C39H52O13/c1-28(26-30-18-11-9-12-19-30)32(50-29(2)40)22-17-25-49-35(42)27-33(39(47)52-36(37(43)44)38(45)46)51-34(41)23-15-7-5-3-4-6-8-16-24-48-31-20-13-10-14-21-31/h9-14,18-21,28,32-33,36H,3-8,15-17,22-27H2,1-2H3,(H,43,44)(H,45,46)/t28-,32-,33-/m1/s1. The summed E-state index contributed by atoms with van der Waals surface area (Å²) in [5.41, 5.74) is 1.08. The number of carbonyl (C=O) groups is 6. The zero-order valence-corrected chi connectivity index (χ0v) is 30.1. The average Bonchev–Trinajstić information content (AvgIpc) is 3.10. The molecular weight excluding hydrogens is 676 g/mol. The number of ether oxygens (including phenoxy) is 5. The quantitative estimate of drug-likeness (QED) is 0.0466. The van der Waals surface area contributed by atoms with E-state index in [1.165, 1.54) is 6.92 Å². The Kier molecular flexibility index (Phi) is 20.9. The van der Waals surface area contributed by atoms with Crippen LogP contribution in [0.4, 0.5) is 0 Å². The molecule has 0 aliphatic rings. The van der Waals surface area contributed by atoms with Crippen LogP contribution in [-0.4, -0.2) is 77.6 Å². The molecule has 0 aliphatic carbocycles. The van der Waals surface area contributed by atoms with Gasteiger partial charge in [-0.1, -0.05) is 94.0 Å². The Morgan fingerprint density at radius 2 is 1.23 bits per heavy atom. The first-order valence-corrected chi connectivity index (χ1v) is 17.9. The minimum atomic E-state index is -2.56. The van der Waals surface area contributed by atoms with Crippen molar-refractivity contribution in [1.82, 2.24) is 0 Å². The van der Waals surface area contributed by atoms with Gasteiger partial charge in [-0.25, -0.2) is 14.4 Å². The van der Waals surface area contributed by atoms with Crippen LogP contribution in [0.25, 0.3) is 0 Å². The molecule has 13 nitrogen and oxygen atoms in total. The summed E-state index contributed by atoms with van der Waals surface area (Å²) >= 11 is 0. The monoisotopic (exact) mass is 728 g/mol. The second kappa shape index (κ2) is 25.1. The van der Waals surface area contributed by atoms with E-state index in [9.17, 15) is 28.8 Å². The van der Waals surface area contributed by atoms with Crippen LogP contribution in [-0.2, 0) is 54.1 Å². The van der Waals surface area contributed by atoms with Crippen molar-refractivity contribution in [2.24, 2.45) is 5.92 Å². The Hall–Kier alpha value is -4.94. The molecule has 0 bridgehead atoms. The van der Waals surface area contributed by atoms with E-state index < -0.39 is 60.5 Å². The maximum Gasteiger partial charge on any atom is 0.356 e. The van der Waals surface area contributed by atoms with E-state index in [0.717, 1.165) is 56.3 Å². The number of benzene rings is 2. The molecule has 2 N–H and O–H groups in total. The SMILES string of the molecule is CC(=O)O[C@H](CCCOC(=O)C[C@@H](OC(=O)CCCCCCCCCCOc1ccccc1)C(=O)OC(C(=O)O)C(=O)O)[C@H](C)Cc1ccccc1. The maximum atomic E-state index is 12.7. The van der Waals surface area contributed by atoms with Crippen LogP contribution in [0.5, 0.6) is 5.75 Å². The fraction of sp³-hybridized carbons (Fsp3) is 0.538. The molecule has 0 spiro atoms. The summed E-state index contributed by atoms with van der Waals surface area (Å²) in [5, 5.41) is 18.2. The highest BCUT2D eigenvalue weighted by Crippen LogP contribution is 2.20. The number of unbranched alkanes of at least 4 members (excludes halogenated alkanes) is 7. The lowest BCUT2D eigenvalue weighted by Crippen LogP contribution is -2.40. The van der Waals surface area contributed by atoms with Crippen LogP contribution >= 0.6 is 0 Å². The molecule has 286 valence electrons. The zero-order valence-electron chi connectivity index (χ0n) is 30.1. The predicted octanol–water partition coefficient (Wildman–Crippen LogP) is 6.09. The summed E-state index contributed by atoms with van der Waals surface area (Å²) in [6.07, 6.45) is 2.69. The third kappa shape index (κ3) is 18.9. The van der Waals surface area contributed by atoms with Gasteiger partial charge in [0.05, 0.1) is 19.6 Å². The smallest absolute Gasteiger partial charge is 0.356 e. The first-order chi connectivity index (χ1) is 25.0. The number of rotatable bonds is 27. The van der Waals surface area contributed by atoms with E-state index in [-0.39, 0.29) is 18.9 Å². The van der Waals surface area contributed by atoms with Gasteiger partial charge >= 0.3 is 35.8 Å². The van der Waals surface area contributed by atoms with Crippen LogP contribution in [0.15, 0.2) is 60.7 Å². The van der Waals surface area contributed by atoms with Gasteiger partial charge in [-0.05, 0) is 55.7 Å². The van der Waals surface area contributed by atoms with Crippen molar-refractivity contribution in [3.63, 3.8) is 0 Å². The third-order valence-electron chi connectivity index (χ3n) is 8.11. The predicted molar refractivity (Wildman–Crippen MR) is 188 cm³/mol. The Labute approximate surface area is 304 Å². The lowest BCUT2D eigenvalue weighted by molar-refractivity contribution is -0.184. The first kappa shape index (κ1) is 43.2. The molecule has 13 heteroatoms. The molecule has 0 radical (unpaired) electrons. The van der Waals surface area contributed by atoms with Crippen molar-refractivity contribution in [3.8, 4) is 5.75 Å². The Morgan fingerprint density at radius 3 is 1.83 bits per heavy atom. The van der Waals surface area contributed by atoms with Crippen LogP contribution in [0.3, 0.4) is 0 Å². The van der Waals surface area contributed by atoms with Gasteiger partial charge in [0.25, 0.3) is 6.10 Å². The van der Waals surface area contributed by atoms with Crippen molar-refractivity contribution < 1.29 is 62.7 Å². The topological polar surface area (TPSA) is 189 Å². The molecule has 0 unspecified atom stereocenters. The van der Waals surface area contributed by atoms with E-state index in [2.05, 4.69) is 4.74 Å². The fourth-order valence-electron chi connectivity index (χ4n) is 5.40. The van der Waals surface area contributed by atoms with Crippen molar-refractivity contribution in [3.05, 3.63) is 66.2 Å². The van der Waals surface area contributed by atoms with Crippen LogP contribution in [0.1, 0.15) is 96.5 Å². The number of carboxylic acid groups (broad SMARTS) is 2. The van der Waals surface area contributed by atoms with Crippen LogP contribution in [0, 0.1) is 5.92 Å². The van der Waals surface area contributed by atoms with Gasteiger partial charge in [0, 0.05) is 13.3 Å². The summed E-state index contributed by atoms with van der Waals surface area (Å²) in [7, 11) is 0. The van der Waals surface area contributed by atoms with Gasteiger partial charge in [0.2, 0.25) is 6.10 Å². The van der Waals surface area contributed by atoms with Crippen LogP contribution < -0.4 is 4.74 Å². The van der Waals surface area contributed by atoms with Gasteiger partial charge in [0.15, 0.2) is 0 Å². The molecule has 0 amide bonds. The molecule has 0 aromatic heterocycles. The number of carboxylic acids is 2. The van der Waals surface area contributed by atoms with E-state index in [1.54, 1.807) is 0 Å². The molecule has 0 saturated carbocycles. The van der Waals surface area contributed by atoms with E-state index in [4.69, 9.17) is 29.2 Å². The minimum absolute atomic E-state index is 0.0344. The molecule has 0 aliphatic heterocycles. The van der Waals surface area contributed by atoms with E-state index in [0.29, 0.717) is 32.3 Å². The number of carbonyl (C=O) groups excluding carboxylic acids is 4. The Balaban J connectivity index is 1.77. The Morgan fingerprint density at radius 1 is 0.654 bits per heavy atom. The van der Waals surface area contributed by atoms with Crippen LogP contribution in [0.2, 0.25) is 0 Å². The van der Waals surface area contributed by atoms with Gasteiger partial charge < -0.3 is 33.9 Å². The molecule has 52 heavy (non-hydrogen) atoms. The third-order valence-corrected chi connectivity index (χ3v) is 8.11. The van der Waals surface area contributed by atoms with E-state index >= 15 is 0 Å². The second-order valence-corrected chi connectivity index (χ2v) is 12.6. The molecule has 0 fully saturated rings. The Bertz CT molecular complexity index is 1370. The highest BCUT2D eigenvalue weighted by Gasteiger charge is 2.36. The number of hydrogen-bond donors (Lipinski definition) is 2. The average molecular weight is 729 g/mol. The van der Waals surface area contributed by atoms with Gasteiger partial charge in [0.1, 0.15) is 11.9 Å². The van der Waals surface area contributed by atoms with E-state index in [1.807, 2.05) is 67.6 Å². The second-order valence-electron chi connectivity index (χ2n) is 12.6. The number of para-hydroxylation sites is 1. The van der Waals surface area contributed by atoms with Crippen molar-refractivity contribution in [2.45, 2.75) is 116 Å². The highest BCUT2D eigenvalue weighted by molar-refractivity contribution is 5.98. The molecule has 0 heterocycles.